The van der Waals surface area contributed by atoms with Crippen molar-refractivity contribution in [1.29, 1.82) is 5.26 Å². The summed E-state index contributed by atoms with van der Waals surface area (Å²) in [5.74, 6) is 0.973. The van der Waals surface area contributed by atoms with E-state index in [-0.39, 0.29) is 5.91 Å². The summed E-state index contributed by atoms with van der Waals surface area (Å²) in [6, 6.07) is 8.39. The first-order chi connectivity index (χ1) is 11.2. The summed E-state index contributed by atoms with van der Waals surface area (Å²) in [6.45, 7) is 1.85. The van der Waals surface area contributed by atoms with Crippen LogP contribution in [0.15, 0.2) is 49.1 Å². The third-order valence-electron chi connectivity index (χ3n) is 3.21. The zero-order chi connectivity index (χ0) is 16.2. The molecule has 3 rings (SSSR count). The number of carbonyl (C=O) groups excluding carboxylic acids is 1. The predicted octanol–water partition coefficient (Wildman–Crippen LogP) is 2.09. The summed E-state index contributed by atoms with van der Waals surface area (Å²) in [4.78, 5) is 24.6. The van der Waals surface area contributed by atoms with Crippen LogP contribution in [0.3, 0.4) is 0 Å². The molecule has 0 aliphatic carbocycles. The fraction of sp³-hybridized carbons (Fsp3) is 0.0625. The number of nitrogens with zero attached hydrogens (tertiary/aromatic N) is 5. The van der Waals surface area contributed by atoms with Gasteiger partial charge in [-0.3, -0.25) is 9.36 Å². The second kappa shape index (κ2) is 6.07. The first-order valence-electron chi connectivity index (χ1n) is 6.81. The lowest BCUT2D eigenvalue weighted by atomic mass is 10.1. The largest absolute Gasteiger partial charge is 0.319 e. The number of hydrogen-bond acceptors (Lipinski definition) is 5. The maximum atomic E-state index is 12.1. The number of rotatable bonds is 3. The van der Waals surface area contributed by atoms with Crippen LogP contribution in [0.2, 0.25) is 0 Å². The van der Waals surface area contributed by atoms with Crippen LogP contribution in [-0.4, -0.2) is 25.4 Å². The number of carbonyl (C=O) groups is 1. The molecule has 0 radical (unpaired) electrons. The lowest BCUT2D eigenvalue weighted by Gasteiger charge is -2.06. The standard InChI is InChI=1S/C16H12N6O/c1-11-18-6-7-22(11)16-19-9-14(10-20-16)21-15(23)13-4-2-12(8-17)3-5-13/h2-7,9-10H,1H3,(H,21,23). The Bertz CT molecular complexity index is 874. The van der Waals surface area contributed by atoms with Crippen molar-refractivity contribution in [2.75, 3.05) is 5.32 Å². The summed E-state index contributed by atoms with van der Waals surface area (Å²) in [7, 11) is 0. The quantitative estimate of drug-likeness (QED) is 0.799. The number of nitrogens with one attached hydrogen (secondary N) is 1. The van der Waals surface area contributed by atoms with E-state index in [0.717, 1.165) is 5.82 Å². The molecular formula is C16H12N6O. The van der Waals surface area contributed by atoms with E-state index in [1.807, 2.05) is 13.0 Å². The van der Waals surface area contributed by atoms with Gasteiger partial charge in [0.15, 0.2) is 0 Å². The van der Waals surface area contributed by atoms with E-state index >= 15 is 0 Å². The number of nitriles is 1. The summed E-state index contributed by atoms with van der Waals surface area (Å²) in [5, 5.41) is 11.5. The van der Waals surface area contributed by atoms with Gasteiger partial charge in [-0.15, -0.1) is 0 Å². The number of imidazole rings is 1. The Labute approximate surface area is 132 Å². The van der Waals surface area contributed by atoms with Crippen molar-refractivity contribution in [2.24, 2.45) is 0 Å². The molecule has 1 N–H and O–H groups in total. The second-order valence-electron chi connectivity index (χ2n) is 4.76. The van der Waals surface area contributed by atoms with Crippen LogP contribution in [0, 0.1) is 18.3 Å². The second-order valence-corrected chi connectivity index (χ2v) is 4.76. The van der Waals surface area contributed by atoms with Gasteiger partial charge in [0.25, 0.3) is 5.91 Å². The van der Waals surface area contributed by atoms with E-state index in [4.69, 9.17) is 5.26 Å². The van der Waals surface area contributed by atoms with Crippen LogP contribution in [0.25, 0.3) is 5.95 Å². The molecule has 1 aromatic carbocycles. The van der Waals surface area contributed by atoms with Gasteiger partial charge in [0.2, 0.25) is 5.95 Å². The predicted molar refractivity (Wildman–Crippen MR) is 83.0 cm³/mol. The Hall–Kier alpha value is -3.53. The summed E-state index contributed by atoms with van der Waals surface area (Å²) in [5.41, 5.74) is 1.45. The maximum Gasteiger partial charge on any atom is 0.255 e. The van der Waals surface area contributed by atoms with Crippen molar-refractivity contribution < 1.29 is 4.79 Å². The van der Waals surface area contributed by atoms with Crippen molar-refractivity contribution in [3.8, 4) is 12.0 Å². The molecule has 0 aliphatic rings. The SMILES string of the molecule is Cc1nccn1-c1ncc(NC(=O)c2ccc(C#N)cc2)cn1. The maximum absolute atomic E-state index is 12.1. The highest BCUT2D eigenvalue weighted by molar-refractivity contribution is 6.04. The van der Waals surface area contributed by atoms with Crippen molar-refractivity contribution >= 4 is 11.6 Å². The number of anilines is 1. The van der Waals surface area contributed by atoms with E-state index in [0.29, 0.717) is 22.8 Å². The zero-order valence-electron chi connectivity index (χ0n) is 12.3. The highest BCUT2D eigenvalue weighted by Gasteiger charge is 2.08. The first-order valence-corrected chi connectivity index (χ1v) is 6.81. The topological polar surface area (TPSA) is 96.5 Å². The molecule has 2 heterocycles. The minimum atomic E-state index is -0.287. The molecule has 0 aliphatic heterocycles. The zero-order valence-corrected chi connectivity index (χ0v) is 12.3. The molecule has 7 nitrogen and oxygen atoms in total. The normalized spacial score (nSPS) is 10.1. The lowest BCUT2D eigenvalue weighted by Crippen LogP contribution is -2.13. The van der Waals surface area contributed by atoms with E-state index in [1.54, 1.807) is 41.2 Å². The van der Waals surface area contributed by atoms with Crippen LogP contribution in [0.5, 0.6) is 0 Å². The third-order valence-corrected chi connectivity index (χ3v) is 3.21. The van der Waals surface area contributed by atoms with Crippen LogP contribution < -0.4 is 5.32 Å². The van der Waals surface area contributed by atoms with Crippen molar-refractivity contribution in [2.45, 2.75) is 6.92 Å². The first kappa shape index (κ1) is 14.4. The molecule has 0 saturated heterocycles. The van der Waals surface area contributed by atoms with Gasteiger partial charge in [0.05, 0.1) is 29.7 Å². The third kappa shape index (κ3) is 3.06. The minimum Gasteiger partial charge on any atom is -0.319 e. The Balaban J connectivity index is 1.74. The highest BCUT2D eigenvalue weighted by atomic mass is 16.1. The molecule has 23 heavy (non-hydrogen) atoms. The van der Waals surface area contributed by atoms with E-state index in [1.165, 1.54) is 12.4 Å². The molecule has 3 aromatic rings. The average Bonchev–Trinajstić information content (AvgIpc) is 3.01. The molecule has 0 atom stereocenters. The fourth-order valence-corrected chi connectivity index (χ4v) is 2.00. The van der Waals surface area contributed by atoms with Gasteiger partial charge < -0.3 is 5.32 Å². The van der Waals surface area contributed by atoms with Crippen molar-refractivity contribution in [3.05, 3.63) is 66.0 Å². The Morgan fingerprint density at radius 1 is 1.17 bits per heavy atom. The molecule has 2 aromatic heterocycles. The number of aryl methyl sites for hydroxylation is 1. The minimum absolute atomic E-state index is 0.287. The molecule has 0 unspecified atom stereocenters. The number of benzene rings is 1. The molecule has 0 fully saturated rings. The van der Waals surface area contributed by atoms with Gasteiger partial charge in [0.1, 0.15) is 5.82 Å². The number of amides is 1. The van der Waals surface area contributed by atoms with Crippen LogP contribution in [-0.2, 0) is 0 Å². The fourth-order valence-electron chi connectivity index (χ4n) is 2.00. The van der Waals surface area contributed by atoms with E-state index < -0.39 is 0 Å². The molecule has 112 valence electrons. The summed E-state index contributed by atoms with van der Waals surface area (Å²) < 4.78 is 1.74. The molecular weight excluding hydrogens is 292 g/mol. The van der Waals surface area contributed by atoms with Crippen LogP contribution in [0.1, 0.15) is 21.7 Å². The molecule has 0 saturated carbocycles. The monoisotopic (exact) mass is 304 g/mol. The Morgan fingerprint density at radius 3 is 2.43 bits per heavy atom. The van der Waals surface area contributed by atoms with Gasteiger partial charge >= 0.3 is 0 Å². The molecule has 7 heteroatoms. The van der Waals surface area contributed by atoms with Gasteiger partial charge in [-0.2, -0.15) is 5.26 Å². The highest BCUT2D eigenvalue weighted by Crippen LogP contribution is 2.10. The van der Waals surface area contributed by atoms with Gasteiger partial charge in [-0.05, 0) is 31.2 Å². The number of hydrogen-bond donors (Lipinski definition) is 1. The lowest BCUT2D eigenvalue weighted by molar-refractivity contribution is 0.102. The smallest absolute Gasteiger partial charge is 0.255 e. The van der Waals surface area contributed by atoms with Crippen molar-refractivity contribution in [1.82, 2.24) is 19.5 Å². The Kier molecular flexibility index (Phi) is 3.80. The molecule has 1 amide bonds. The van der Waals surface area contributed by atoms with E-state index in [2.05, 4.69) is 20.3 Å². The van der Waals surface area contributed by atoms with Crippen molar-refractivity contribution in [3.63, 3.8) is 0 Å². The molecule has 0 spiro atoms. The average molecular weight is 304 g/mol. The Morgan fingerprint density at radius 2 is 1.87 bits per heavy atom. The summed E-state index contributed by atoms with van der Waals surface area (Å²) >= 11 is 0. The molecule has 0 bridgehead atoms. The number of aromatic nitrogens is 4. The van der Waals surface area contributed by atoms with Gasteiger partial charge in [-0.25, -0.2) is 15.0 Å². The van der Waals surface area contributed by atoms with E-state index in [9.17, 15) is 4.79 Å². The van der Waals surface area contributed by atoms with Gasteiger partial charge in [-0.1, -0.05) is 0 Å². The van der Waals surface area contributed by atoms with Crippen LogP contribution in [0.4, 0.5) is 5.69 Å². The summed E-state index contributed by atoms with van der Waals surface area (Å²) in [6.07, 6.45) is 6.49. The van der Waals surface area contributed by atoms with Gasteiger partial charge in [0, 0.05) is 18.0 Å². The van der Waals surface area contributed by atoms with Crippen LogP contribution >= 0.6 is 0 Å².